The van der Waals surface area contributed by atoms with Crippen molar-refractivity contribution in [3.05, 3.63) is 0 Å². The van der Waals surface area contributed by atoms with Crippen molar-refractivity contribution in [2.75, 3.05) is 13.3 Å². The van der Waals surface area contributed by atoms with Crippen LogP contribution < -0.4 is 0 Å². The van der Waals surface area contributed by atoms with E-state index in [9.17, 15) is 0 Å². The number of rotatable bonds is 4. The van der Waals surface area contributed by atoms with E-state index in [2.05, 4.69) is 32.7 Å². The fourth-order valence-electron chi connectivity index (χ4n) is 0.449. The molecule has 0 saturated heterocycles. The Morgan fingerprint density at radius 1 is 1.00 bits per heavy atom. The highest BCUT2D eigenvalue weighted by Gasteiger charge is 2.25. The van der Waals surface area contributed by atoms with Crippen LogP contribution in [0.3, 0.4) is 0 Å². The van der Waals surface area contributed by atoms with Gasteiger partial charge in [0.15, 0.2) is 8.32 Å². The largest absolute Gasteiger partial charge is 0.418 e. The molecule has 0 aromatic heterocycles. The molecule has 0 saturated carbocycles. The van der Waals surface area contributed by atoms with Crippen LogP contribution in [0.1, 0.15) is 0 Å². The van der Waals surface area contributed by atoms with Crippen LogP contribution in [-0.4, -0.2) is 30.0 Å². The van der Waals surface area contributed by atoms with Crippen molar-refractivity contribution in [3.8, 4) is 0 Å². The molecule has 0 aliphatic carbocycles. The highest BCUT2D eigenvalue weighted by molar-refractivity contribution is 6.74. The van der Waals surface area contributed by atoms with E-state index in [1.54, 1.807) is 7.11 Å². The van der Waals surface area contributed by atoms with Gasteiger partial charge in [-0.15, -0.1) is 0 Å². The maximum atomic E-state index is 5.76. The van der Waals surface area contributed by atoms with Crippen LogP contribution >= 0.6 is 0 Å². The van der Waals surface area contributed by atoms with Gasteiger partial charge in [-0.1, -0.05) is 0 Å². The lowest BCUT2D eigenvalue weighted by atomic mass is 11.7. The molecule has 0 amide bonds. The summed E-state index contributed by atoms with van der Waals surface area (Å²) >= 11 is 0. The zero-order valence-electron chi connectivity index (χ0n) is 8.52. The van der Waals surface area contributed by atoms with Crippen LogP contribution in [0, 0.1) is 0 Å². The van der Waals surface area contributed by atoms with E-state index < -0.39 is 16.6 Å². The minimum atomic E-state index is -1.47. The van der Waals surface area contributed by atoms with Gasteiger partial charge in [-0.2, -0.15) is 0 Å². The molecule has 0 heterocycles. The molecule has 0 fully saturated rings. The molecule has 2 nitrogen and oxygen atoms in total. The second-order valence-corrected chi connectivity index (χ2v) is 13.1. The molecule has 0 aromatic rings. The lowest BCUT2D eigenvalue weighted by molar-refractivity contribution is 0.316. The maximum Gasteiger partial charge on any atom is 0.210 e. The van der Waals surface area contributed by atoms with Gasteiger partial charge in [0.25, 0.3) is 0 Å². The Labute approximate surface area is 72.2 Å². The second-order valence-electron chi connectivity index (χ2n) is 4.36. The van der Waals surface area contributed by atoms with E-state index in [0.29, 0.717) is 0 Å². The summed E-state index contributed by atoms with van der Waals surface area (Å²) in [5.74, 6) is 0. The summed E-state index contributed by atoms with van der Waals surface area (Å²) in [5, 5.41) is 0. The third-order valence-corrected chi connectivity index (χ3v) is 4.65. The van der Waals surface area contributed by atoms with Gasteiger partial charge in [-0.05, 0) is 32.7 Å². The fraction of sp³-hybridized carbons (Fsp3) is 1.00. The highest BCUT2D eigenvalue weighted by Crippen LogP contribution is 2.08. The summed E-state index contributed by atoms with van der Waals surface area (Å²) in [5.41, 5.74) is 0. The van der Waals surface area contributed by atoms with Crippen molar-refractivity contribution in [3.63, 3.8) is 0 Å². The van der Waals surface area contributed by atoms with Crippen LogP contribution in [-0.2, 0) is 8.85 Å². The summed E-state index contributed by atoms with van der Waals surface area (Å²) in [6.45, 7) is 11.0. The third kappa shape index (κ3) is 6.74. The predicted molar refractivity (Wildman–Crippen MR) is 53.8 cm³/mol. The predicted octanol–water partition coefficient (Wildman–Crippen LogP) is 2.23. The van der Waals surface area contributed by atoms with Gasteiger partial charge >= 0.3 is 0 Å². The summed E-state index contributed by atoms with van der Waals surface area (Å²) < 4.78 is 11.1. The normalized spacial score (nSPS) is 13.6. The van der Waals surface area contributed by atoms with Crippen LogP contribution in [0.5, 0.6) is 0 Å². The van der Waals surface area contributed by atoms with Gasteiger partial charge in [0.1, 0.15) is 0 Å². The first-order valence-electron chi connectivity index (χ1n) is 3.96. The van der Waals surface area contributed by atoms with E-state index in [4.69, 9.17) is 8.85 Å². The van der Waals surface area contributed by atoms with Crippen LogP contribution in [0.2, 0.25) is 32.7 Å². The third-order valence-electron chi connectivity index (χ3n) is 1.41. The summed E-state index contributed by atoms with van der Waals surface area (Å²) in [6.07, 6.45) is 0.833. The lowest BCUT2D eigenvalue weighted by Crippen LogP contribution is -2.40. The Morgan fingerprint density at radius 3 is 1.73 bits per heavy atom. The molecule has 0 aliphatic heterocycles. The quantitative estimate of drug-likeness (QED) is 0.636. The van der Waals surface area contributed by atoms with Gasteiger partial charge in [0, 0.05) is 7.11 Å². The maximum absolute atomic E-state index is 5.76. The molecule has 0 spiro atoms. The Hall–Kier alpha value is 0.354. The van der Waals surface area contributed by atoms with E-state index in [0.717, 1.165) is 6.23 Å². The standard InChI is InChI=1S/C7H20O2Si2/c1-8-11(5,6)7-9-10(2,3)4/h7H2,1-6H3. The molecule has 4 heteroatoms. The SMILES string of the molecule is CO[Si](C)(C)CO[Si](C)(C)C. The van der Waals surface area contributed by atoms with Crippen molar-refractivity contribution < 1.29 is 8.85 Å². The molecule has 0 aliphatic rings. The summed E-state index contributed by atoms with van der Waals surface area (Å²) in [7, 11) is -1.03. The highest BCUT2D eigenvalue weighted by atomic mass is 28.4. The first kappa shape index (κ1) is 11.4. The van der Waals surface area contributed by atoms with E-state index in [1.807, 2.05) is 0 Å². The van der Waals surface area contributed by atoms with Gasteiger partial charge < -0.3 is 8.85 Å². The first-order chi connectivity index (χ1) is 4.77. The average Bonchev–Trinajstić information content (AvgIpc) is 1.83. The minimum absolute atomic E-state index is 0.833. The molecular weight excluding hydrogens is 172 g/mol. The van der Waals surface area contributed by atoms with Crippen molar-refractivity contribution in [1.82, 2.24) is 0 Å². The van der Waals surface area contributed by atoms with Crippen molar-refractivity contribution in [2.24, 2.45) is 0 Å². The number of hydrogen-bond donors (Lipinski definition) is 0. The number of hydrogen-bond acceptors (Lipinski definition) is 2. The molecule has 0 unspecified atom stereocenters. The summed E-state index contributed by atoms with van der Waals surface area (Å²) in [6, 6.07) is 0. The van der Waals surface area contributed by atoms with Crippen LogP contribution in [0.4, 0.5) is 0 Å². The zero-order chi connectivity index (χ0) is 9.12. The fourth-order valence-corrected chi connectivity index (χ4v) is 3.69. The molecular formula is C7H20O2Si2. The molecule has 0 rings (SSSR count). The molecule has 0 atom stereocenters. The van der Waals surface area contributed by atoms with Gasteiger partial charge in [0.05, 0.1) is 6.23 Å². The monoisotopic (exact) mass is 192 g/mol. The van der Waals surface area contributed by atoms with Crippen LogP contribution in [0.15, 0.2) is 0 Å². The second kappa shape index (κ2) is 3.84. The molecule has 11 heavy (non-hydrogen) atoms. The van der Waals surface area contributed by atoms with E-state index >= 15 is 0 Å². The average molecular weight is 192 g/mol. The van der Waals surface area contributed by atoms with E-state index in [-0.39, 0.29) is 0 Å². The topological polar surface area (TPSA) is 18.5 Å². The Bertz CT molecular complexity index is 118. The van der Waals surface area contributed by atoms with E-state index in [1.165, 1.54) is 0 Å². The van der Waals surface area contributed by atoms with Crippen molar-refractivity contribution in [1.29, 1.82) is 0 Å². The molecule has 0 bridgehead atoms. The first-order valence-corrected chi connectivity index (χ1v) is 10.5. The smallest absolute Gasteiger partial charge is 0.210 e. The molecule has 0 aromatic carbocycles. The Kier molecular flexibility index (Phi) is 3.97. The van der Waals surface area contributed by atoms with Gasteiger partial charge in [-0.25, -0.2) is 0 Å². The minimum Gasteiger partial charge on any atom is -0.418 e. The molecule has 68 valence electrons. The van der Waals surface area contributed by atoms with Gasteiger partial charge in [0.2, 0.25) is 8.32 Å². The molecule has 0 N–H and O–H groups in total. The van der Waals surface area contributed by atoms with Crippen molar-refractivity contribution >= 4 is 16.6 Å². The van der Waals surface area contributed by atoms with Crippen molar-refractivity contribution in [2.45, 2.75) is 32.7 Å². The zero-order valence-corrected chi connectivity index (χ0v) is 10.5. The molecule has 0 radical (unpaired) electrons. The summed E-state index contributed by atoms with van der Waals surface area (Å²) in [4.78, 5) is 0. The Morgan fingerprint density at radius 2 is 1.45 bits per heavy atom. The lowest BCUT2D eigenvalue weighted by Gasteiger charge is -2.25. The van der Waals surface area contributed by atoms with Gasteiger partial charge in [-0.3, -0.25) is 0 Å². The van der Waals surface area contributed by atoms with Crippen LogP contribution in [0.25, 0.3) is 0 Å². The Balaban J connectivity index is 3.70.